The van der Waals surface area contributed by atoms with Gasteiger partial charge in [-0.2, -0.15) is 0 Å². The molecule has 0 aromatic rings. The predicted molar refractivity (Wildman–Crippen MR) is 49.2 cm³/mol. The molecule has 0 radical (unpaired) electrons. The van der Waals surface area contributed by atoms with E-state index in [9.17, 15) is 0 Å². The monoisotopic (exact) mass is 160 g/mol. The zero-order chi connectivity index (χ0) is 7.98. The molecule has 3 heteroatoms. The average molecular weight is 160 g/mol. The summed E-state index contributed by atoms with van der Waals surface area (Å²) in [5.74, 6) is 0. The van der Waals surface area contributed by atoms with Crippen molar-refractivity contribution in [3.05, 3.63) is 0 Å². The van der Waals surface area contributed by atoms with Crippen molar-refractivity contribution in [1.82, 2.24) is 5.32 Å². The lowest BCUT2D eigenvalue weighted by Crippen LogP contribution is -2.30. The first-order valence-electron chi connectivity index (χ1n) is 3.68. The van der Waals surface area contributed by atoms with Gasteiger partial charge in [-0.05, 0) is 19.9 Å². The van der Waals surface area contributed by atoms with E-state index in [4.69, 9.17) is 18.0 Å². The number of thiocarbonyl (C=S) groups is 1. The normalized spacial score (nSPS) is 13.0. The first-order chi connectivity index (χ1) is 4.66. The van der Waals surface area contributed by atoms with Crippen LogP contribution in [-0.2, 0) is 0 Å². The Bertz CT molecular complexity index is 104. The van der Waals surface area contributed by atoms with Gasteiger partial charge in [-0.3, -0.25) is 0 Å². The summed E-state index contributed by atoms with van der Waals surface area (Å²) in [7, 11) is 0. The fourth-order valence-corrected chi connectivity index (χ4v) is 1.01. The summed E-state index contributed by atoms with van der Waals surface area (Å²) in [4.78, 5) is 0.594. The van der Waals surface area contributed by atoms with Gasteiger partial charge < -0.3 is 11.1 Å². The van der Waals surface area contributed by atoms with Crippen molar-refractivity contribution in [2.24, 2.45) is 5.73 Å². The summed E-state index contributed by atoms with van der Waals surface area (Å²) < 4.78 is 0. The Balaban J connectivity index is 3.25. The molecular weight excluding hydrogens is 144 g/mol. The highest BCUT2D eigenvalue weighted by Crippen LogP contribution is 1.89. The Morgan fingerprint density at radius 1 is 1.70 bits per heavy atom. The molecule has 0 aliphatic heterocycles. The molecule has 3 N–H and O–H groups in total. The molecule has 1 unspecified atom stereocenters. The van der Waals surface area contributed by atoms with Crippen molar-refractivity contribution in [2.45, 2.75) is 32.7 Å². The molecule has 0 heterocycles. The van der Waals surface area contributed by atoms with E-state index in [1.165, 1.54) is 0 Å². The molecule has 0 aromatic heterocycles. The minimum absolute atomic E-state index is 0.428. The standard InChI is InChI=1S/C7H16N2S/c1-3-4-9-6(2)5-7(8)10/h6,9H,3-5H2,1-2H3,(H2,8,10). The molecule has 0 saturated carbocycles. The fraction of sp³-hybridized carbons (Fsp3) is 0.857. The molecule has 0 amide bonds. The lowest BCUT2D eigenvalue weighted by molar-refractivity contribution is 0.561. The highest BCUT2D eigenvalue weighted by atomic mass is 32.1. The SMILES string of the molecule is CCCNC(C)CC(N)=S. The van der Waals surface area contributed by atoms with E-state index in [2.05, 4.69) is 19.2 Å². The molecule has 2 nitrogen and oxygen atoms in total. The third-order valence-electron chi connectivity index (χ3n) is 1.25. The predicted octanol–water partition coefficient (Wildman–Crippen LogP) is 1.05. The van der Waals surface area contributed by atoms with Gasteiger partial charge in [0.25, 0.3) is 0 Å². The van der Waals surface area contributed by atoms with Gasteiger partial charge in [0.2, 0.25) is 0 Å². The molecule has 60 valence electrons. The smallest absolute Gasteiger partial charge is 0.0742 e. The van der Waals surface area contributed by atoms with Crippen LogP contribution >= 0.6 is 12.2 Å². The molecular formula is C7H16N2S. The zero-order valence-corrected chi connectivity index (χ0v) is 7.50. The van der Waals surface area contributed by atoms with E-state index < -0.39 is 0 Å². The number of nitrogens with two attached hydrogens (primary N) is 1. The van der Waals surface area contributed by atoms with Crippen LogP contribution in [0.4, 0.5) is 0 Å². The van der Waals surface area contributed by atoms with E-state index in [1.807, 2.05) is 0 Å². The van der Waals surface area contributed by atoms with E-state index >= 15 is 0 Å². The fourth-order valence-electron chi connectivity index (χ4n) is 0.765. The van der Waals surface area contributed by atoms with Crippen LogP contribution < -0.4 is 11.1 Å². The molecule has 10 heavy (non-hydrogen) atoms. The maximum Gasteiger partial charge on any atom is 0.0742 e. The second kappa shape index (κ2) is 5.62. The summed E-state index contributed by atoms with van der Waals surface area (Å²) >= 11 is 4.76. The molecule has 0 aliphatic carbocycles. The molecule has 0 saturated heterocycles. The summed E-state index contributed by atoms with van der Waals surface area (Å²) in [6.07, 6.45) is 1.96. The van der Waals surface area contributed by atoms with E-state index in [0.717, 1.165) is 19.4 Å². The van der Waals surface area contributed by atoms with Crippen LogP contribution in [0.5, 0.6) is 0 Å². The van der Waals surface area contributed by atoms with Crippen molar-refractivity contribution in [1.29, 1.82) is 0 Å². The summed E-state index contributed by atoms with van der Waals surface area (Å²) in [5.41, 5.74) is 5.36. The molecule has 0 bridgehead atoms. The Morgan fingerprint density at radius 3 is 2.70 bits per heavy atom. The number of hydrogen-bond donors (Lipinski definition) is 2. The first kappa shape index (κ1) is 9.85. The quantitative estimate of drug-likeness (QED) is 0.590. The van der Waals surface area contributed by atoms with E-state index in [1.54, 1.807) is 0 Å². The maximum absolute atomic E-state index is 5.36. The molecule has 0 rings (SSSR count). The van der Waals surface area contributed by atoms with Crippen LogP contribution in [-0.4, -0.2) is 17.6 Å². The first-order valence-corrected chi connectivity index (χ1v) is 4.09. The van der Waals surface area contributed by atoms with Crippen LogP contribution in [0, 0.1) is 0 Å². The number of rotatable bonds is 5. The minimum atomic E-state index is 0.428. The molecule has 0 aliphatic rings. The van der Waals surface area contributed by atoms with Gasteiger partial charge in [0.1, 0.15) is 0 Å². The highest BCUT2D eigenvalue weighted by molar-refractivity contribution is 7.80. The maximum atomic E-state index is 5.36. The largest absolute Gasteiger partial charge is 0.393 e. The van der Waals surface area contributed by atoms with Crippen molar-refractivity contribution >= 4 is 17.2 Å². The highest BCUT2D eigenvalue weighted by Gasteiger charge is 1.99. The summed E-state index contributed by atoms with van der Waals surface area (Å²) in [5, 5.41) is 3.30. The Kier molecular flexibility index (Phi) is 5.54. The van der Waals surface area contributed by atoms with Crippen LogP contribution in [0.3, 0.4) is 0 Å². The summed E-state index contributed by atoms with van der Waals surface area (Å²) in [6, 6.07) is 0.428. The van der Waals surface area contributed by atoms with Crippen LogP contribution in [0.1, 0.15) is 26.7 Å². The van der Waals surface area contributed by atoms with Gasteiger partial charge in [-0.1, -0.05) is 19.1 Å². The summed E-state index contributed by atoms with van der Waals surface area (Å²) in [6.45, 7) is 5.28. The minimum Gasteiger partial charge on any atom is -0.393 e. The van der Waals surface area contributed by atoms with Gasteiger partial charge in [0.05, 0.1) is 4.99 Å². The van der Waals surface area contributed by atoms with Crippen molar-refractivity contribution in [3.8, 4) is 0 Å². The molecule has 0 aromatic carbocycles. The molecule has 0 spiro atoms. The van der Waals surface area contributed by atoms with Gasteiger partial charge in [-0.15, -0.1) is 0 Å². The van der Waals surface area contributed by atoms with Gasteiger partial charge >= 0.3 is 0 Å². The number of nitrogens with one attached hydrogen (secondary N) is 1. The molecule has 1 atom stereocenters. The van der Waals surface area contributed by atoms with Gasteiger partial charge in [0.15, 0.2) is 0 Å². The average Bonchev–Trinajstić information content (AvgIpc) is 1.82. The third-order valence-corrected chi connectivity index (χ3v) is 1.42. The Morgan fingerprint density at radius 2 is 2.30 bits per heavy atom. The third kappa shape index (κ3) is 5.98. The van der Waals surface area contributed by atoms with Crippen LogP contribution in [0.2, 0.25) is 0 Å². The second-order valence-corrected chi connectivity index (χ2v) is 3.05. The Labute approximate surface area is 68.2 Å². The van der Waals surface area contributed by atoms with Gasteiger partial charge in [0, 0.05) is 12.5 Å². The van der Waals surface area contributed by atoms with Crippen molar-refractivity contribution < 1.29 is 0 Å². The van der Waals surface area contributed by atoms with Crippen LogP contribution in [0.25, 0.3) is 0 Å². The van der Waals surface area contributed by atoms with Crippen molar-refractivity contribution in [2.75, 3.05) is 6.54 Å². The lowest BCUT2D eigenvalue weighted by atomic mass is 10.2. The van der Waals surface area contributed by atoms with Crippen molar-refractivity contribution in [3.63, 3.8) is 0 Å². The van der Waals surface area contributed by atoms with E-state index in [-0.39, 0.29) is 0 Å². The second-order valence-electron chi connectivity index (χ2n) is 2.53. The zero-order valence-electron chi connectivity index (χ0n) is 6.68. The van der Waals surface area contributed by atoms with Gasteiger partial charge in [-0.25, -0.2) is 0 Å². The lowest BCUT2D eigenvalue weighted by Gasteiger charge is -2.10. The van der Waals surface area contributed by atoms with Crippen LogP contribution in [0.15, 0.2) is 0 Å². The Hall–Kier alpha value is -0.150. The van der Waals surface area contributed by atoms with E-state index in [0.29, 0.717) is 11.0 Å². The number of hydrogen-bond acceptors (Lipinski definition) is 2. The topological polar surface area (TPSA) is 38.0 Å². The molecule has 0 fully saturated rings.